The fourth-order valence-electron chi connectivity index (χ4n) is 2.40. The summed E-state index contributed by atoms with van der Waals surface area (Å²) in [5, 5.41) is 5.33. The molecule has 30 heavy (non-hydrogen) atoms. The van der Waals surface area contributed by atoms with Gasteiger partial charge in [0.25, 0.3) is 5.91 Å². The Hall–Kier alpha value is -2.62. The average molecular weight is 473 g/mol. The quantitative estimate of drug-likeness (QED) is 0.478. The van der Waals surface area contributed by atoms with Gasteiger partial charge in [-0.2, -0.15) is 0 Å². The van der Waals surface area contributed by atoms with Gasteiger partial charge < -0.3 is 20.1 Å². The molecule has 1 aromatic heterocycles. The van der Waals surface area contributed by atoms with Crippen molar-refractivity contribution in [3.63, 3.8) is 0 Å². The van der Waals surface area contributed by atoms with E-state index in [-0.39, 0.29) is 50.0 Å². The summed E-state index contributed by atoms with van der Waals surface area (Å²) < 4.78 is 9.66. The summed E-state index contributed by atoms with van der Waals surface area (Å²) in [6.45, 7) is 4.78. The van der Waals surface area contributed by atoms with Crippen molar-refractivity contribution in [3.05, 3.63) is 44.2 Å². The molecule has 160 valence electrons. The van der Waals surface area contributed by atoms with E-state index in [2.05, 4.69) is 15.4 Å². The molecule has 0 saturated carbocycles. The number of nitrogens with one attached hydrogen (secondary N) is 2. The number of amides is 2. The maximum Gasteiger partial charge on any atom is 0.397 e. The second-order valence-corrected chi connectivity index (χ2v) is 7.52. The third kappa shape index (κ3) is 5.29. The minimum absolute atomic E-state index is 0.00801. The van der Waals surface area contributed by atoms with Crippen molar-refractivity contribution in [2.75, 3.05) is 23.8 Å². The SMILES string of the molecule is CCOC(=O)C(=O)Nc1sc(C(=O)Nc2cccc(Cl)c2Cl)c(C)c1C(=O)OCC. The van der Waals surface area contributed by atoms with E-state index in [1.54, 1.807) is 32.0 Å². The number of halogens is 2. The maximum atomic E-state index is 12.8. The molecule has 0 aliphatic rings. The van der Waals surface area contributed by atoms with Gasteiger partial charge in [0.05, 0.1) is 39.4 Å². The number of thiophene rings is 1. The molecule has 2 rings (SSSR count). The predicted molar refractivity (Wildman–Crippen MR) is 115 cm³/mol. The van der Waals surface area contributed by atoms with Gasteiger partial charge in [-0.05, 0) is 38.5 Å². The topological polar surface area (TPSA) is 111 Å². The summed E-state index contributed by atoms with van der Waals surface area (Å²) in [4.78, 5) is 49.0. The molecule has 0 aliphatic carbocycles. The van der Waals surface area contributed by atoms with E-state index >= 15 is 0 Å². The molecule has 0 spiro atoms. The number of carbonyl (C=O) groups is 4. The van der Waals surface area contributed by atoms with Crippen LogP contribution < -0.4 is 10.6 Å². The maximum absolute atomic E-state index is 12.8. The minimum Gasteiger partial charge on any atom is -0.462 e. The molecule has 0 bridgehead atoms. The molecular weight excluding hydrogens is 455 g/mol. The van der Waals surface area contributed by atoms with Crippen LogP contribution in [0.25, 0.3) is 0 Å². The number of carbonyl (C=O) groups excluding carboxylic acids is 4. The number of hydrogen-bond donors (Lipinski definition) is 2. The van der Waals surface area contributed by atoms with Gasteiger partial charge in [0, 0.05) is 0 Å². The zero-order valence-electron chi connectivity index (χ0n) is 16.3. The fourth-order valence-corrected chi connectivity index (χ4v) is 3.83. The highest BCUT2D eigenvalue weighted by Crippen LogP contribution is 2.35. The van der Waals surface area contributed by atoms with Crippen LogP contribution in [-0.4, -0.2) is 37.0 Å². The van der Waals surface area contributed by atoms with Crippen molar-refractivity contribution in [1.29, 1.82) is 0 Å². The Labute approximate surface area is 186 Å². The summed E-state index contributed by atoms with van der Waals surface area (Å²) in [7, 11) is 0. The van der Waals surface area contributed by atoms with Crippen LogP contribution in [0.4, 0.5) is 10.7 Å². The molecule has 2 amide bonds. The van der Waals surface area contributed by atoms with E-state index in [4.69, 9.17) is 27.9 Å². The first-order valence-electron chi connectivity index (χ1n) is 8.75. The third-order valence-electron chi connectivity index (χ3n) is 3.72. The molecule has 0 fully saturated rings. The van der Waals surface area contributed by atoms with Gasteiger partial charge in [0.2, 0.25) is 0 Å². The largest absolute Gasteiger partial charge is 0.462 e. The minimum atomic E-state index is -1.12. The predicted octanol–water partition coefficient (Wildman–Crippen LogP) is 4.29. The van der Waals surface area contributed by atoms with Crippen LogP contribution in [0.1, 0.15) is 39.4 Å². The molecule has 2 aromatic rings. The number of hydrogen-bond acceptors (Lipinski definition) is 7. The number of ether oxygens (including phenoxy) is 2. The molecule has 0 saturated heterocycles. The van der Waals surface area contributed by atoms with Gasteiger partial charge in [0.1, 0.15) is 5.00 Å². The van der Waals surface area contributed by atoms with Crippen LogP contribution in [0.2, 0.25) is 10.0 Å². The Morgan fingerprint density at radius 1 is 1.03 bits per heavy atom. The molecule has 0 aliphatic heterocycles. The lowest BCUT2D eigenvalue weighted by atomic mass is 10.1. The van der Waals surface area contributed by atoms with Crippen molar-refractivity contribution in [2.24, 2.45) is 0 Å². The van der Waals surface area contributed by atoms with Gasteiger partial charge in [-0.3, -0.25) is 9.59 Å². The molecule has 0 atom stereocenters. The summed E-state index contributed by atoms with van der Waals surface area (Å²) in [5.41, 5.74) is 0.520. The number of esters is 2. The van der Waals surface area contributed by atoms with Crippen molar-refractivity contribution >= 4 is 69.0 Å². The molecule has 1 heterocycles. The van der Waals surface area contributed by atoms with Crippen LogP contribution in [0, 0.1) is 6.92 Å². The molecule has 0 radical (unpaired) electrons. The average Bonchev–Trinajstić information content (AvgIpc) is 3.01. The van der Waals surface area contributed by atoms with Gasteiger partial charge in [-0.25, -0.2) is 9.59 Å². The van der Waals surface area contributed by atoms with Crippen LogP contribution >= 0.6 is 34.5 Å². The second kappa shape index (κ2) is 10.4. The fraction of sp³-hybridized carbons (Fsp3) is 0.263. The highest BCUT2D eigenvalue weighted by atomic mass is 35.5. The molecule has 2 N–H and O–H groups in total. The van der Waals surface area contributed by atoms with Crippen LogP contribution in [0.15, 0.2) is 18.2 Å². The lowest BCUT2D eigenvalue weighted by Crippen LogP contribution is -2.25. The first-order chi connectivity index (χ1) is 14.2. The molecule has 1 aromatic carbocycles. The zero-order chi connectivity index (χ0) is 22.4. The number of anilines is 2. The van der Waals surface area contributed by atoms with E-state index in [1.807, 2.05) is 0 Å². The number of benzene rings is 1. The lowest BCUT2D eigenvalue weighted by Gasteiger charge is -2.08. The normalized spacial score (nSPS) is 10.3. The Morgan fingerprint density at radius 3 is 2.33 bits per heavy atom. The van der Waals surface area contributed by atoms with Gasteiger partial charge in [0.15, 0.2) is 0 Å². The summed E-state index contributed by atoms with van der Waals surface area (Å²) in [5.74, 6) is -3.52. The van der Waals surface area contributed by atoms with Crippen molar-refractivity contribution in [1.82, 2.24) is 0 Å². The Kier molecular flexibility index (Phi) is 8.22. The summed E-state index contributed by atoms with van der Waals surface area (Å²) >= 11 is 12.9. The Balaban J connectivity index is 2.41. The highest BCUT2D eigenvalue weighted by Gasteiger charge is 2.28. The standard InChI is InChI=1S/C19H18Cl2N2O6S/c1-4-28-18(26)12-9(3)14(30-17(12)23-16(25)19(27)29-5-2)15(24)22-11-8-6-7-10(20)13(11)21/h6-8H,4-5H2,1-3H3,(H,22,24)(H,23,25). The number of rotatable bonds is 6. The Bertz CT molecular complexity index is 1010. The van der Waals surface area contributed by atoms with Gasteiger partial charge in [-0.15, -0.1) is 11.3 Å². The van der Waals surface area contributed by atoms with Gasteiger partial charge in [-0.1, -0.05) is 29.3 Å². The summed E-state index contributed by atoms with van der Waals surface area (Å²) in [6, 6.07) is 4.74. The van der Waals surface area contributed by atoms with E-state index in [1.165, 1.54) is 6.92 Å². The zero-order valence-corrected chi connectivity index (χ0v) is 18.6. The van der Waals surface area contributed by atoms with Gasteiger partial charge >= 0.3 is 17.8 Å². The van der Waals surface area contributed by atoms with E-state index in [0.717, 1.165) is 11.3 Å². The molecule has 11 heteroatoms. The molecule has 8 nitrogen and oxygen atoms in total. The van der Waals surface area contributed by atoms with Crippen molar-refractivity contribution < 1.29 is 28.7 Å². The van der Waals surface area contributed by atoms with Crippen LogP contribution in [0.5, 0.6) is 0 Å². The highest BCUT2D eigenvalue weighted by molar-refractivity contribution is 7.19. The van der Waals surface area contributed by atoms with Crippen LogP contribution in [0.3, 0.4) is 0 Å². The summed E-state index contributed by atoms with van der Waals surface area (Å²) in [6.07, 6.45) is 0. The van der Waals surface area contributed by atoms with E-state index < -0.39 is 23.8 Å². The van der Waals surface area contributed by atoms with Crippen LogP contribution in [-0.2, 0) is 19.1 Å². The van der Waals surface area contributed by atoms with Crippen molar-refractivity contribution in [3.8, 4) is 0 Å². The first kappa shape index (κ1) is 23.7. The first-order valence-corrected chi connectivity index (χ1v) is 10.3. The smallest absolute Gasteiger partial charge is 0.397 e. The van der Waals surface area contributed by atoms with Crippen molar-refractivity contribution in [2.45, 2.75) is 20.8 Å². The van der Waals surface area contributed by atoms with E-state index in [9.17, 15) is 19.2 Å². The van der Waals surface area contributed by atoms with E-state index in [0.29, 0.717) is 0 Å². The Morgan fingerprint density at radius 2 is 1.70 bits per heavy atom. The molecule has 0 unspecified atom stereocenters. The monoisotopic (exact) mass is 472 g/mol. The third-order valence-corrected chi connectivity index (χ3v) is 5.75. The molecular formula is C19H18Cl2N2O6S. The lowest BCUT2D eigenvalue weighted by molar-refractivity contribution is -0.152. The second-order valence-electron chi connectivity index (χ2n) is 5.71.